The Labute approximate surface area is 158 Å². The first-order chi connectivity index (χ1) is 10.5. The summed E-state index contributed by atoms with van der Waals surface area (Å²) in [6.45, 7) is 4.20. The smallest absolute Gasteiger partial charge is 1.00 e. The minimum Gasteiger partial charge on any atom is -1.00 e. The maximum atomic E-state index is 12.0. The standard InChI is InChI=1S/C18H24O3S.Mg.2H/c1-3-5-9-14-13-15-10-7-8-12-17(15)18(22(19,20)21)16(14)11-6-4-2;;;/h7-8,10,12-13H,3-6,9,11H2,1-2H3,(H,19,20,21);;;/q;+2;2*-1. The molecule has 2 aromatic carbocycles. The summed E-state index contributed by atoms with van der Waals surface area (Å²) >= 11 is 0. The Morgan fingerprint density at radius 2 is 1.65 bits per heavy atom. The summed E-state index contributed by atoms with van der Waals surface area (Å²) in [4.78, 5) is 0.116. The molecule has 3 nitrogen and oxygen atoms in total. The molecule has 0 saturated heterocycles. The second-order valence-electron chi connectivity index (χ2n) is 5.75. The first kappa shape index (κ1) is 20.4. The van der Waals surface area contributed by atoms with Crippen LogP contribution in [0.3, 0.4) is 0 Å². The van der Waals surface area contributed by atoms with Gasteiger partial charge in [-0.2, -0.15) is 8.42 Å². The summed E-state index contributed by atoms with van der Waals surface area (Å²) in [6, 6.07) is 9.48. The molecule has 23 heavy (non-hydrogen) atoms. The van der Waals surface area contributed by atoms with Gasteiger partial charge in [0, 0.05) is 5.39 Å². The molecule has 0 atom stereocenters. The van der Waals surface area contributed by atoms with Crippen LogP contribution in [0.4, 0.5) is 0 Å². The number of fused-ring (bicyclic) bond motifs is 1. The van der Waals surface area contributed by atoms with Crippen LogP contribution in [0.5, 0.6) is 0 Å². The molecule has 0 saturated carbocycles. The van der Waals surface area contributed by atoms with Crippen LogP contribution in [0.1, 0.15) is 53.5 Å². The Morgan fingerprint density at radius 1 is 1.04 bits per heavy atom. The average Bonchev–Trinajstić information content (AvgIpc) is 2.48. The number of aryl methyl sites for hydroxylation is 1. The summed E-state index contributed by atoms with van der Waals surface area (Å²) in [5.74, 6) is 0. The van der Waals surface area contributed by atoms with Gasteiger partial charge in [-0.15, -0.1) is 0 Å². The summed E-state index contributed by atoms with van der Waals surface area (Å²) < 4.78 is 33.8. The number of hydrogen-bond acceptors (Lipinski definition) is 2. The van der Waals surface area contributed by atoms with E-state index in [9.17, 15) is 13.0 Å². The van der Waals surface area contributed by atoms with Gasteiger partial charge in [-0.3, -0.25) is 4.55 Å². The zero-order chi connectivity index (χ0) is 16.2. The number of benzene rings is 2. The summed E-state index contributed by atoms with van der Waals surface area (Å²) in [6.07, 6.45) is 5.52. The second kappa shape index (κ2) is 9.02. The van der Waals surface area contributed by atoms with Gasteiger partial charge in [0.15, 0.2) is 0 Å². The molecule has 0 aliphatic rings. The van der Waals surface area contributed by atoms with Crippen molar-refractivity contribution in [3.05, 3.63) is 41.5 Å². The Hall–Kier alpha value is -0.624. The van der Waals surface area contributed by atoms with E-state index in [-0.39, 0.29) is 30.8 Å². The van der Waals surface area contributed by atoms with Crippen molar-refractivity contribution in [2.75, 3.05) is 0 Å². The van der Waals surface area contributed by atoms with Gasteiger partial charge in [0.1, 0.15) is 4.90 Å². The Bertz CT molecular complexity index is 764. The van der Waals surface area contributed by atoms with Gasteiger partial charge in [-0.1, -0.05) is 57.0 Å². The number of unbranched alkanes of at least 4 members (excludes halogenated alkanes) is 2. The molecular weight excluding hydrogens is 321 g/mol. The van der Waals surface area contributed by atoms with Gasteiger partial charge >= 0.3 is 23.1 Å². The third kappa shape index (κ3) is 4.92. The van der Waals surface area contributed by atoms with Crippen LogP contribution in [-0.4, -0.2) is 36.0 Å². The van der Waals surface area contributed by atoms with Gasteiger partial charge in [0.25, 0.3) is 10.1 Å². The van der Waals surface area contributed by atoms with E-state index in [1.54, 1.807) is 6.07 Å². The van der Waals surface area contributed by atoms with Crippen molar-refractivity contribution in [1.29, 1.82) is 0 Å². The fraction of sp³-hybridized carbons (Fsp3) is 0.444. The van der Waals surface area contributed by atoms with E-state index in [1.165, 1.54) is 0 Å². The van der Waals surface area contributed by atoms with Crippen molar-refractivity contribution in [1.82, 2.24) is 0 Å². The molecule has 2 rings (SSSR count). The van der Waals surface area contributed by atoms with E-state index < -0.39 is 10.1 Å². The maximum Gasteiger partial charge on any atom is 2.00 e. The fourth-order valence-corrected chi connectivity index (χ4v) is 3.93. The van der Waals surface area contributed by atoms with Crippen molar-refractivity contribution in [3.63, 3.8) is 0 Å². The minimum absolute atomic E-state index is 0. The molecule has 0 aliphatic heterocycles. The first-order valence-electron chi connectivity index (χ1n) is 8.00. The molecule has 0 unspecified atom stereocenters. The molecule has 5 heteroatoms. The van der Waals surface area contributed by atoms with E-state index in [2.05, 4.69) is 19.9 Å². The number of hydrogen-bond donors (Lipinski definition) is 1. The van der Waals surface area contributed by atoms with Crippen LogP contribution in [0.15, 0.2) is 35.2 Å². The van der Waals surface area contributed by atoms with Gasteiger partial charge in [0.2, 0.25) is 0 Å². The zero-order valence-corrected chi connectivity index (χ0v) is 16.2. The van der Waals surface area contributed by atoms with Crippen LogP contribution in [0.25, 0.3) is 10.8 Å². The molecule has 2 aromatic rings. The predicted octanol–water partition coefficient (Wildman–Crippen LogP) is 4.62. The number of rotatable bonds is 7. The van der Waals surface area contributed by atoms with Gasteiger partial charge < -0.3 is 2.85 Å². The average molecular weight is 347 g/mol. The quantitative estimate of drug-likeness (QED) is 0.588. The molecule has 0 aromatic heterocycles. The third-order valence-electron chi connectivity index (χ3n) is 4.03. The van der Waals surface area contributed by atoms with E-state index in [0.29, 0.717) is 11.8 Å². The van der Waals surface area contributed by atoms with Gasteiger partial charge in [-0.05, 0) is 42.2 Å². The molecule has 0 spiro atoms. The van der Waals surface area contributed by atoms with Crippen molar-refractivity contribution in [2.24, 2.45) is 0 Å². The maximum absolute atomic E-state index is 12.0. The normalized spacial score (nSPS) is 11.4. The fourth-order valence-electron chi connectivity index (χ4n) is 2.93. The summed E-state index contributed by atoms with van der Waals surface area (Å²) in [7, 11) is -4.24. The Kier molecular flexibility index (Phi) is 8.00. The van der Waals surface area contributed by atoms with Gasteiger partial charge in [-0.25, -0.2) is 0 Å². The van der Waals surface area contributed by atoms with Crippen LogP contribution in [0, 0.1) is 0 Å². The molecule has 0 heterocycles. The minimum atomic E-state index is -4.24. The molecular formula is C18H26MgO3S. The van der Waals surface area contributed by atoms with Crippen molar-refractivity contribution < 1.29 is 15.8 Å². The zero-order valence-electron chi connectivity index (χ0n) is 16.0. The molecule has 0 amide bonds. The molecule has 0 aliphatic carbocycles. The van der Waals surface area contributed by atoms with Crippen LogP contribution < -0.4 is 0 Å². The van der Waals surface area contributed by atoms with E-state index in [4.69, 9.17) is 0 Å². The van der Waals surface area contributed by atoms with Gasteiger partial charge in [0.05, 0.1) is 0 Å². The van der Waals surface area contributed by atoms with Crippen molar-refractivity contribution >= 4 is 43.9 Å². The SMILES string of the molecule is CCCCc1cc2ccccc2c(S(=O)(=O)O)c1CCCC.[H-].[H-].[Mg+2]. The Balaban J connectivity index is 0. The summed E-state index contributed by atoms with van der Waals surface area (Å²) in [5, 5.41) is 1.50. The molecule has 1 N–H and O–H groups in total. The van der Waals surface area contributed by atoms with Crippen LogP contribution >= 0.6 is 0 Å². The van der Waals surface area contributed by atoms with E-state index in [1.807, 2.05) is 18.2 Å². The van der Waals surface area contributed by atoms with Crippen molar-refractivity contribution in [3.8, 4) is 0 Å². The monoisotopic (exact) mass is 346 g/mol. The molecule has 0 fully saturated rings. The second-order valence-corrected chi connectivity index (χ2v) is 7.11. The largest absolute Gasteiger partial charge is 2.00 e. The Morgan fingerprint density at radius 3 is 2.26 bits per heavy atom. The summed E-state index contributed by atoms with van der Waals surface area (Å²) in [5.41, 5.74) is 1.86. The van der Waals surface area contributed by atoms with Crippen LogP contribution in [-0.2, 0) is 23.0 Å². The predicted molar refractivity (Wildman–Crippen MR) is 99.0 cm³/mol. The first-order valence-corrected chi connectivity index (χ1v) is 9.44. The molecule has 0 radical (unpaired) electrons. The topological polar surface area (TPSA) is 54.4 Å². The van der Waals surface area contributed by atoms with Crippen LogP contribution in [0.2, 0.25) is 0 Å². The van der Waals surface area contributed by atoms with Crippen molar-refractivity contribution in [2.45, 2.75) is 57.3 Å². The molecule has 124 valence electrons. The van der Waals surface area contributed by atoms with E-state index in [0.717, 1.165) is 48.6 Å². The van der Waals surface area contributed by atoms with E-state index >= 15 is 0 Å². The molecule has 0 bridgehead atoms. The third-order valence-corrected chi connectivity index (χ3v) is 5.02.